The highest BCUT2D eigenvalue weighted by Gasteiger charge is 2.15. The van der Waals surface area contributed by atoms with Crippen molar-refractivity contribution in [3.8, 4) is 11.8 Å². The molecule has 0 atom stereocenters. The van der Waals surface area contributed by atoms with Crippen LogP contribution in [0.25, 0.3) is 6.08 Å². The summed E-state index contributed by atoms with van der Waals surface area (Å²) in [5.41, 5.74) is 0.774. The van der Waals surface area contributed by atoms with Crippen molar-refractivity contribution in [2.75, 3.05) is 13.2 Å². The number of nitriles is 1. The molecule has 1 fully saturated rings. The molecule has 1 aliphatic rings. The number of amides is 2. The van der Waals surface area contributed by atoms with Crippen LogP contribution in [0.15, 0.2) is 29.8 Å². The fourth-order valence-electron chi connectivity index (χ4n) is 3.03. The molecular formula is C22H29N3O3. The second-order valence-electron chi connectivity index (χ2n) is 7.53. The minimum absolute atomic E-state index is 0.0211. The molecular weight excluding hydrogens is 354 g/mol. The van der Waals surface area contributed by atoms with Crippen molar-refractivity contribution < 1.29 is 14.3 Å². The maximum absolute atomic E-state index is 12.0. The van der Waals surface area contributed by atoms with Gasteiger partial charge in [0.25, 0.3) is 11.8 Å². The summed E-state index contributed by atoms with van der Waals surface area (Å²) in [4.78, 5) is 24.0. The quantitative estimate of drug-likeness (QED) is 0.533. The summed E-state index contributed by atoms with van der Waals surface area (Å²) in [6.07, 6.45) is 7.20. The van der Waals surface area contributed by atoms with E-state index < -0.39 is 0 Å². The normalized spacial score (nSPS) is 15.0. The highest BCUT2D eigenvalue weighted by Crippen LogP contribution is 2.18. The van der Waals surface area contributed by atoms with Gasteiger partial charge < -0.3 is 15.4 Å². The molecule has 6 nitrogen and oxygen atoms in total. The Morgan fingerprint density at radius 3 is 2.50 bits per heavy atom. The SMILES string of the molecule is CC(C)CNC(=O)/C(C#N)=C/c1ccc(OCC(=O)NC2CCCCC2)cc1. The summed E-state index contributed by atoms with van der Waals surface area (Å²) >= 11 is 0. The van der Waals surface area contributed by atoms with Crippen molar-refractivity contribution >= 4 is 17.9 Å². The number of carbonyl (C=O) groups is 2. The molecule has 2 rings (SSSR count). The van der Waals surface area contributed by atoms with Gasteiger partial charge in [0.15, 0.2) is 6.61 Å². The highest BCUT2D eigenvalue weighted by atomic mass is 16.5. The molecule has 0 spiro atoms. The second kappa shape index (κ2) is 11.1. The van der Waals surface area contributed by atoms with E-state index in [2.05, 4.69) is 10.6 Å². The molecule has 0 radical (unpaired) electrons. The first-order valence-corrected chi connectivity index (χ1v) is 9.90. The van der Waals surface area contributed by atoms with Gasteiger partial charge in [-0.15, -0.1) is 0 Å². The Morgan fingerprint density at radius 1 is 1.21 bits per heavy atom. The van der Waals surface area contributed by atoms with E-state index in [1.165, 1.54) is 25.3 Å². The molecule has 2 N–H and O–H groups in total. The van der Waals surface area contributed by atoms with Crippen molar-refractivity contribution in [1.29, 1.82) is 5.26 Å². The standard InChI is InChI=1S/C22H29N3O3/c1-16(2)14-24-22(27)18(13-23)12-17-8-10-20(11-9-17)28-15-21(26)25-19-6-4-3-5-7-19/h8-12,16,19H,3-7,14-15H2,1-2H3,(H,24,27)(H,25,26)/b18-12+. The summed E-state index contributed by atoms with van der Waals surface area (Å²) in [7, 11) is 0. The van der Waals surface area contributed by atoms with Crippen LogP contribution in [0.4, 0.5) is 0 Å². The van der Waals surface area contributed by atoms with Gasteiger partial charge in [0, 0.05) is 12.6 Å². The molecule has 1 aromatic carbocycles. The molecule has 0 heterocycles. The minimum Gasteiger partial charge on any atom is -0.484 e. The van der Waals surface area contributed by atoms with Crippen LogP contribution in [0, 0.1) is 17.2 Å². The maximum Gasteiger partial charge on any atom is 0.261 e. The van der Waals surface area contributed by atoms with Crippen LogP contribution in [0.5, 0.6) is 5.75 Å². The Balaban J connectivity index is 1.85. The van der Waals surface area contributed by atoms with Crippen LogP contribution in [0.1, 0.15) is 51.5 Å². The number of nitrogens with one attached hydrogen (secondary N) is 2. The summed E-state index contributed by atoms with van der Waals surface area (Å²) in [6.45, 7) is 4.48. The lowest BCUT2D eigenvalue weighted by molar-refractivity contribution is -0.124. The molecule has 1 aromatic rings. The lowest BCUT2D eigenvalue weighted by Gasteiger charge is -2.22. The number of carbonyl (C=O) groups excluding carboxylic acids is 2. The van der Waals surface area contributed by atoms with Crippen molar-refractivity contribution in [3.05, 3.63) is 35.4 Å². The lowest BCUT2D eigenvalue weighted by atomic mass is 9.95. The van der Waals surface area contributed by atoms with E-state index >= 15 is 0 Å². The third kappa shape index (κ3) is 7.43. The number of hydrogen-bond donors (Lipinski definition) is 2. The molecule has 1 aliphatic carbocycles. The molecule has 6 heteroatoms. The summed E-state index contributed by atoms with van der Waals surface area (Å²) in [5.74, 6) is 0.398. The monoisotopic (exact) mass is 383 g/mol. The van der Waals surface area contributed by atoms with Crippen LogP contribution in [-0.2, 0) is 9.59 Å². The Hall–Kier alpha value is -2.81. The molecule has 2 amide bonds. The second-order valence-corrected chi connectivity index (χ2v) is 7.53. The van der Waals surface area contributed by atoms with E-state index in [-0.39, 0.29) is 30.0 Å². The predicted molar refractivity (Wildman–Crippen MR) is 108 cm³/mol. The van der Waals surface area contributed by atoms with Crippen molar-refractivity contribution in [2.24, 2.45) is 5.92 Å². The fourth-order valence-corrected chi connectivity index (χ4v) is 3.03. The van der Waals surface area contributed by atoms with Crippen LogP contribution >= 0.6 is 0 Å². The summed E-state index contributed by atoms with van der Waals surface area (Å²) in [6, 6.07) is 9.15. The topological polar surface area (TPSA) is 91.2 Å². The number of nitrogens with zero attached hydrogens (tertiary/aromatic N) is 1. The van der Waals surface area contributed by atoms with E-state index in [4.69, 9.17) is 4.74 Å². The first-order valence-electron chi connectivity index (χ1n) is 9.90. The largest absolute Gasteiger partial charge is 0.484 e. The minimum atomic E-state index is -0.379. The third-order valence-corrected chi connectivity index (χ3v) is 4.57. The summed E-state index contributed by atoms with van der Waals surface area (Å²) in [5, 5.41) is 15.0. The Labute approximate surface area is 167 Å². The number of hydrogen-bond acceptors (Lipinski definition) is 4. The molecule has 0 saturated heterocycles. The van der Waals surface area contributed by atoms with Crippen LogP contribution < -0.4 is 15.4 Å². The van der Waals surface area contributed by atoms with Gasteiger partial charge in [0.1, 0.15) is 17.4 Å². The van der Waals surface area contributed by atoms with Crippen molar-refractivity contribution in [2.45, 2.75) is 52.0 Å². The molecule has 0 aromatic heterocycles. The number of benzene rings is 1. The van der Waals surface area contributed by atoms with Crippen LogP contribution in [-0.4, -0.2) is 31.0 Å². The Kier molecular flexibility index (Phi) is 8.54. The molecule has 150 valence electrons. The average molecular weight is 383 g/mol. The van der Waals surface area contributed by atoms with Gasteiger partial charge in [-0.1, -0.05) is 45.2 Å². The van der Waals surface area contributed by atoms with Gasteiger partial charge in [-0.25, -0.2) is 0 Å². The molecule has 0 unspecified atom stereocenters. The Bertz CT molecular complexity index is 726. The third-order valence-electron chi connectivity index (χ3n) is 4.57. The highest BCUT2D eigenvalue weighted by molar-refractivity contribution is 6.01. The zero-order valence-corrected chi connectivity index (χ0v) is 16.7. The molecule has 28 heavy (non-hydrogen) atoms. The zero-order valence-electron chi connectivity index (χ0n) is 16.7. The van der Waals surface area contributed by atoms with Crippen LogP contribution in [0.2, 0.25) is 0 Å². The van der Waals surface area contributed by atoms with Gasteiger partial charge in [0.2, 0.25) is 0 Å². The summed E-state index contributed by atoms with van der Waals surface area (Å²) < 4.78 is 5.53. The zero-order chi connectivity index (χ0) is 20.4. The van der Waals surface area contributed by atoms with Gasteiger partial charge in [0.05, 0.1) is 0 Å². The number of rotatable bonds is 8. The molecule has 1 saturated carbocycles. The first-order chi connectivity index (χ1) is 13.5. The van der Waals surface area contributed by atoms with E-state index in [1.807, 2.05) is 19.9 Å². The Morgan fingerprint density at radius 2 is 1.89 bits per heavy atom. The van der Waals surface area contributed by atoms with E-state index in [0.717, 1.165) is 18.4 Å². The van der Waals surface area contributed by atoms with Gasteiger partial charge >= 0.3 is 0 Å². The predicted octanol–water partition coefficient (Wildman–Crippen LogP) is 3.19. The number of ether oxygens (including phenoxy) is 1. The smallest absolute Gasteiger partial charge is 0.261 e. The fraction of sp³-hybridized carbons (Fsp3) is 0.500. The van der Waals surface area contributed by atoms with Gasteiger partial charge in [-0.3, -0.25) is 9.59 Å². The first kappa shape index (κ1) is 21.5. The van der Waals surface area contributed by atoms with Crippen LogP contribution in [0.3, 0.4) is 0 Å². The van der Waals surface area contributed by atoms with E-state index in [1.54, 1.807) is 24.3 Å². The lowest BCUT2D eigenvalue weighted by Crippen LogP contribution is -2.38. The van der Waals surface area contributed by atoms with Crippen molar-refractivity contribution in [3.63, 3.8) is 0 Å². The van der Waals surface area contributed by atoms with E-state index in [9.17, 15) is 14.9 Å². The van der Waals surface area contributed by atoms with Crippen molar-refractivity contribution in [1.82, 2.24) is 10.6 Å². The average Bonchev–Trinajstić information content (AvgIpc) is 2.70. The molecule has 0 bridgehead atoms. The van der Waals surface area contributed by atoms with Gasteiger partial charge in [-0.2, -0.15) is 5.26 Å². The van der Waals surface area contributed by atoms with E-state index in [0.29, 0.717) is 18.2 Å². The van der Waals surface area contributed by atoms with Gasteiger partial charge in [-0.05, 0) is 42.5 Å². The maximum atomic E-state index is 12.0. The molecule has 0 aliphatic heterocycles.